The van der Waals surface area contributed by atoms with E-state index in [1.807, 2.05) is 0 Å². The molecule has 0 bridgehead atoms. The molecule has 1 atom stereocenters. The highest BCUT2D eigenvalue weighted by molar-refractivity contribution is 7.53. The highest BCUT2D eigenvalue weighted by Gasteiger charge is 2.32. The van der Waals surface area contributed by atoms with Gasteiger partial charge >= 0.3 is 13.6 Å². The Morgan fingerprint density at radius 1 is 1.43 bits per heavy atom. The second kappa shape index (κ2) is 6.82. The van der Waals surface area contributed by atoms with Crippen molar-refractivity contribution in [1.82, 2.24) is 15.0 Å². The summed E-state index contributed by atoms with van der Waals surface area (Å²) in [5, 5.41) is 18.2. The van der Waals surface area contributed by atoms with Crippen molar-refractivity contribution in [1.29, 1.82) is 0 Å². The smallest absolute Gasteiger partial charge is 0.331 e. The number of carboxylic acid groups (broad SMARTS) is 1. The lowest BCUT2D eigenvalue weighted by Gasteiger charge is -2.18. The number of aromatic nitrogens is 3. The predicted octanol–water partition coefficient (Wildman–Crippen LogP) is 1.01. The van der Waals surface area contributed by atoms with Gasteiger partial charge in [-0.15, -0.1) is 5.10 Å². The molecule has 0 spiro atoms. The Morgan fingerprint density at radius 3 is 2.38 bits per heavy atom. The van der Waals surface area contributed by atoms with Gasteiger partial charge in [-0.25, -0.2) is 0 Å². The average Bonchev–Trinajstić information content (AvgIpc) is 2.86. The van der Waals surface area contributed by atoms with Crippen LogP contribution in [0.15, 0.2) is 6.20 Å². The molecule has 21 heavy (non-hydrogen) atoms. The van der Waals surface area contributed by atoms with Crippen molar-refractivity contribution in [2.24, 2.45) is 5.92 Å². The lowest BCUT2D eigenvalue weighted by Crippen LogP contribution is -2.38. The standard InChI is InChI=1S/C11H22N3O5PSi/c1-18-20(17,19-2)8-9(11(15)16)6-14-7-10(12-13-14)21(3,4)5/h7,9H,6,8H2,1-5H3,(H,15,16). The van der Waals surface area contributed by atoms with Gasteiger partial charge in [0.15, 0.2) is 0 Å². The third kappa shape index (κ3) is 5.03. The topological polar surface area (TPSA) is 104 Å². The molecule has 8 nitrogen and oxygen atoms in total. The van der Waals surface area contributed by atoms with Gasteiger partial charge in [0.2, 0.25) is 0 Å². The molecule has 1 unspecified atom stereocenters. The molecule has 1 aromatic rings. The maximum Gasteiger partial charge on any atom is 0.331 e. The number of aliphatic carboxylic acids is 1. The molecule has 1 aromatic heterocycles. The maximum absolute atomic E-state index is 12.1. The van der Waals surface area contributed by atoms with Crippen LogP contribution in [0.3, 0.4) is 0 Å². The minimum atomic E-state index is -3.39. The van der Waals surface area contributed by atoms with Gasteiger partial charge in [-0.3, -0.25) is 14.0 Å². The molecule has 0 radical (unpaired) electrons. The van der Waals surface area contributed by atoms with Crippen molar-refractivity contribution in [3.8, 4) is 0 Å². The summed E-state index contributed by atoms with van der Waals surface area (Å²) in [6, 6.07) is 0. The van der Waals surface area contributed by atoms with Gasteiger partial charge in [-0.2, -0.15) is 0 Å². The van der Waals surface area contributed by atoms with Crippen LogP contribution < -0.4 is 5.32 Å². The van der Waals surface area contributed by atoms with Crippen molar-refractivity contribution < 1.29 is 23.5 Å². The van der Waals surface area contributed by atoms with E-state index in [4.69, 9.17) is 9.05 Å². The number of nitrogens with zero attached hydrogens (tertiary/aromatic N) is 3. The molecule has 0 amide bonds. The van der Waals surface area contributed by atoms with E-state index in [2.05, 4.69) is 30.0 Å². The van der Waals surface area contributed by atoms with Crippen molar-refractivity contribution >= 4 is 27.0 Å². The molecular formula is C11H22N3O5PSi. The Bertz CT molecular complexity index is 534. The Hall–Kier alpha value is -1.02. The Morgan fingerprint density at radius 2 is 2.00 bits per heavy atom. The fourth-order valence-corrected chi connectivity index (χ4v) is 3.80. The normalized spacial score (nSPS) is 14.1. The predicted molar refractivity (Wildman–Crippen MR) is 80.6 cm³/mol. The zero-order valence-corrected chi connectivity index (χ0v) is 14.8. The van der Waals surface area contributed by atoms with E-state index in [-0.39, 0.29) is 12.7 Å². The first-order valence-electron chi connectivity index (χ1n) is 6.45. The van der Waals surface area contributed by atoms with Gasteiger partial charge in [0.05, 0.1) is 23.9 Å². The lowest BCUT2D eigenvalue weighted by atomic mass is 10.2. The van der Waals surface area contributed by atoms with E-state index in [1.165, 1.54) is 18.9 Å². The van der Waals surface area contributed by atoms with Gasteiger partial charge in [-0.1, -0.05) is 24.9 Å². The molecule has 0 saturated heterocycles. The minimum Gasteiger partial charge on any atom is -0.481 e. The zero-order chi connectivity index (χ0) is 16.3. The molecule has 0 fully saturated rings. The van der Waals surface area contributed by atoms with Crippen LogP contribution in [0.2, 0.25) is 19.6 Å². The zero-order valence-electron chi connectivity index (χ0n) is 12.9. The van der Waals surface area contributed by atoms with Gasteiger partial charge < -0.3 is 14.2 Å². The average molecular weight is 335 g/mol. The summed E-state index contributed by atoms with van der Waals surface area (Å²) < 4.78 is 23.1. The SMILES string of the molecule is COP(=O)(CC(Cn1cc([Si](C)(C)C)nn1)C(=O)O)OC. The van der Waals surface area contributed by atoms with Crippen molar-refractivity contribution in [3.63, 3.8) is 0 Å². The van der Waals surface area contributed by atoms with Gasteiger partial charge in [0, 0.05) is 20.4 Å². The Balaban J connectivity index is 2.87. The van der Waals surface area contributed by atoms with Crippen LogP contribution in [-0.2, 0) is 25.0 Å². The largest absolute Gasteiger partial charge is 0.481 e. The van der Waals surface area contributed by atoms with Gasteiger partial charge in [0.25, 0.3) is 0 Å². The first-order chi connectivity index (χ1) is 9.61. The molecule has 120 valence electrons. The fraction of sp³-hybridized carbons (Fsp3) is 0.727. The van der Waals surface area contributed by atoms with Crippen LogP contribution in [0.25, 0.3) is 0 Å². The van der Waals surface area contributed by atoms with Crippen molar-refractivity contribution in [2.45, 2.75) is 26.2 Å². The third-order valence-corrected chi connectivity index (χ3v) is 6.83. The van der Waals surface area contributed by atoms with Crippen LogP contribution in [0.4, 0.5) is 0 Å². The molecular weight excluding hydrogens is 313 g/mol. The number of carboxylic acids is 1. The second-order valence-electron chi connectivity index (χ2n) is 5.77. The number of hydrogen-bond acceptors (Lipinski definition) is 6. The summed E-state index contributed by atoms with van der Waals surface area (Å²) >= 11 is 0. The van der Waals surface area contributed by atoms with E-state index in [1.54, 1.807) is 6.20 Å². The molecule has 1 heterocycles. The van der Waals surface area contributed by atoms with E-state index < -0.39 is 27.6 Å². The number of carbonyl (C=O) groups is 1. The Kier molecular flexibility index (Phi) is 5.86. The van der Waals surface area contributed by atoms with Crippen molar-refractivity contribution in [2.75, 3.05) is 20.4 Å². The van der Waals surface area contributed by atoms with Crippen LogP contribution in [0.5, 0.6) is 0 Å². The van der Waals surface area contributed by atoms with Crippen LogP contribution in [0, 0.1) is 5.92 Å². The maximum atomic E-state index is 12.1. The third-order valence-electron chi connectivity index (χ3n) is 3.06. The monoisotopic (exact) mass is 335 g/mol. The first-order valence-corrected chi connectivity index (χ1v) is 11.7. The molecule has 0 aliphatic carbocycles. The van der Waals surface area contributed by atoms with E-state index in [9.17, 15) is 14.5 Å². The summed E-state index contributed by atoms with van der Waals surface area (Å²) in [7, 11) is -2.51. The van der Waals surface area contributed by atoms with E-state index in [0.29, 0.717) is 0 Å². The minimum absolute atomic E-state index is 0.0729. The van der Waals surface area contributed by atoms with Gasteiger partial charge in [-0.05, 0) is 0 Å². The molecule has 0 aliphatic rings. The van der Waals surface area contributed by atoms with E-state index >= 15 is 0 Å². The molecule has 10 heteroatoms. The van der Waals surface area contributed by atoms with Crippen LogP contribution in [-0.4, -0.2) is 54.5 Å². The summed E-state index contributed by atoms with van der Waals surface area (Å²) in [4.78, 5) is 11.3. The first kappa shape index (κ1) is 18.0. The molecule has 1 N–H and O–H groups in total. The lowest BCUT2D eigenvalue weighted by molar-refractivity contribution is -0.141. The summed E-state index contributed by atoms with van der Waals surface area (Å²) in [6.07, 6.45) is 1.55. The molecule has 0 aromatic carbocycles. The highest BCUT2D eigenvalue weighted by Crippen LogP contribution is 2.48. The number of hydrogen-bond donors (Lipinski definition) is 1. The van der Waals surface area contributed by atoms with Crippen LogP contribution in [0.1, 0.15) is 0 Å². The number of rotatable bonds is 8. The molecule has 1 rings (SSSR count). The highest BCUT2D eigenvalue weighted by atomic mass is 31.2. The van der Waals surface area contributed by atoms with E-state index in [0.717, 1.165) is 5.32 Å². The summed E-state index contributed by atoms with van der Waals surface area (Å²) in [5.74, 6) is -2.00. The quantitative estimate of drug-likeness (QED) is 0.558. The second-order valence-corrected chi connectivity index (χ2v) is 13.1. The van der Waals surface area contributed by atoms with Crippen molar-refractivity contribution in [3.05, 3.63) is 6.20 Å². The Labute approximate surface area is 125 Å². The summed E-state index contributed by atoms with van der Waals surface area (Å²) in [5.41, 5.74) is 0. The fourth-order valence-electron chi connectivity index (χ4n) is 1.66. The van der Waals surface area contributed by atoms with Gasteiger partial charge in [0.1, 0.15) is 8.07 Å². The molecule has 0 saturated carbocycles. The molecule has 0 aliphatic heterocycles. The van der Waals surface area contributed by atoms with Crippen LogP contribution >= 0.6 is 7.60 Å². The summed E-state index contributed by atoms with van der Waals surface area (Å²) in [6.45, 7) is 6.45.